The maximum atomic E-state index is 12.5. The van der Waals surface area contributed by atoms with Crippen LogP contribution in [0, 0.1) is 0 Å². The van der Waals surface area contributed by atoms with Gasteiger partial charge in [0.05, 0.1) is 38.5 Å². The van der Waals surface area contributed by atoms with Crippen LogP contribution in [0.4, 0.5) is 11.4 Å². The first-order valence-corrected chi connectivity index (χ1v) is 11.1. The fraction of sp³-hybridized carbons (Fsp3) is 0.375. The summed E-state index contributed by atoms with van der Waals surface area (Å²) < 4.78 is 16.4. The Hall–Kier alpha value is -3.43. The van der Waals surface area contributed by atoms with Gasteiger partial charge in [-0.2, -0.15) is 4.98 Å². The second-order valence-electron chi connectivity index (χ2n) is 7.81. The maximum Gasteiger partial charge on any atom is 0.241 e. The summed E-state index contributed by atoms with van der Waals surface area (Å²) in [4.78, 5) is 21.0. The molecule has 9 nitrogen and oxygen atoms in total. The molecule has 9 heteroatoms. The maximum absolute atomic E-state index is 12.5. The topological polar surface area (TPSA) is 93.0 Å². The van der Waals surface area contributed by atoms with Crippen molar-refractivity contribution in [1.29, 1.82) is 0 Å². The van der Waals surface area contributed by atoms with Gasteiger partial charge in [-0.1, -0.05) is 17.3 Å². The summed E-state index contributed by atoms with van der Waals surface area (Å²) in [5.74, 6) is 1.49. The van der Waals surface area contributed by atoms with E-state index in [4.69, 9.17) is 14.0 Å². The molecule has 0 aliphatic carbocycles. The molecule has 1 aliphatic heterocycles. The van der Waals surface area contributed by atoms with Crippen molar-refractivity contribution in [3.8, 4) is 17.1 Å². The molecule has 1 fully saturated rings. The number of nitrogens with one attached hydrogen (secondary N) is 1. The second-order valence-corrected chi connectivity index (χ2v) is 7.81. The Morgan fingerprint density at radius 2 is 1.91 bits per heavy atom. The minimum atomic E-state index is -0.113. The average Bonchev–Trinajstić information content (AvgIpc) is 3.28. The van der Waals surface area contributed by atoms with Crippen LogP contribution >= 0.6 is 0 Å². The quantitative estimate of drug-likeness (QED) is 0.531. The van der Waals surface area contributed by atoms with Gasteiger partial charge in [-0.3, -0.25) is 9.69 Å². The summed E-state index contributed by atoms with van der Waals surface area (Å²) in [5, 5.41) is 7.01. The van der Waals surface area contributed by atoms with E-state index in [9.17, 15) is 4.79 Å². The van der Waals surface area contributed by atoms with Crippen LogP contribution in [0.5, 0.6) is 5.75 Å². The summed E-state index contributed by atoms with van der Waals surface area (Å²) >= 11 is 0. The smallest absolute Gasteiger partial charge is 0.241 e. The number of carbonyl (C=O) groups is 1. The van der Waals surface area contributed by atoms with Crippen molar-refractivity contribution in [1.82, 2.24) is 15.0 Å². The van der Waals surface area contributed by atoms with Gasteiger partial charge in [0.25, 0.3) is 0 Å². The molecule has 0 atom stereocenters. The average molecular weight is 452 g/mol. The molecule has 1 aliphatic rings. The molecule has 1 N–H and O–H groups in total. The first-order chi connectivity index (χ1) is 16.1. The van der Waals surface area contributed by atoms with Crippen LogP contribution in [0.25, 0.3) is 11.4 Å². The van der Waals surface area contributed by atoms with E-state index in [1.165, 1.54) is 0 Å². The number of likely N-dealkylation sites (N-methyl/N-ethyl adjacent to an activating group) is 1. The Bertz CT molecular complexity index is 1050. The monoisotopic (exact) mass is 451 g/mol. The van der Waals surface area contributed by atoms with Crippen LogP contribution in [-0.2, 0) is 16.1 Å². The minimum absolute atomic E-state index is 0.113. The number of morpholine rings is 1. The Morgan fingerprint density at radius 1 is 1.15 bits per heavy atom. The zero-order valence-electron chi connectivity index (χ0n) is 19.0. The van der Waals surface area contributed by atoms with E-state index in [2.05, 4.69) is 20.4 Å². The molecule has 2 aromatic carbocycles. The standard InChI is InChI=1S/C24H29N5O4/c1-3-32-21-7-5-4-6-20(21)24-26-23(33-27-24)17-28(2)16-22(30)25-18-8-10-19(11-9-18)29-12-14-31-15-13-29/h4-11H,3,12-17H2,1-2H3,(H,25,30). The molecule has 33 heavy (non-hydrogen) atoms. The molecule has 0 saturated carbocycles. The number of amides is 1. The number of para-hydroxylation sites is 1. The van der Waals surface area contributed by atoms with Gasteiger partial charge in [0.15, 0.2) is 0 Å². The molecule has 0 radical (unpaired) electrons. The van der Waals surface area contributed by atoms with Gasteiger partial charge < -0.3 is 24.2 Å². The summed E-state index contributed by atoms with van der Waals surface area (Å²) in [6, 6.07) is 15.4. The number of benzene rings is 2. The third-order valence-corrected chi connectivity index (χ3v) is 5.24. The van der Waals surface area contributed by atoms with Crippen molar-refractivity contribution in [2.75, 3.05) is 56.7 Å². The van der Waals surface area contributed by atoms with E-state index in [0.717, 1.165) is 43.2 Å². The van der Waals surface area contributed by atoms with E-state index >= 15 is 0 Å². The largest absolute Gasteiger partial charge is 0.493 e. The molecular formula is C24H29N5O4. The molecule has 1 amide bonds. The SMILES string of the molecule is CCOc1ccccc1-c1noc(CN(C)CC(=O)Nc2ccc(N3CCOCC3)cc2)n1. The van der Waals surface area contributed by atoms with Gasteiger partial charge in [0, 0.05) is 24.5 Å². The van der Waals surface area contributed by atoms with Crippen LogP contribution in [-0.4, -0.2) is 67.5 Å². The van der Waals surface area contributed by atoms with Gasteiger partial charge in [-0.05, 0) is 50.4 Å². The highest BCUT2D eigenvalue weighted by Gasteiger charge is 2.16. The lowest BCUT2D eigenvalue weighted by Crippen LogP contribution is -2.36. The van der Waals surface area contributed by atoms with E-state index in [1.807, 2.05) is 67.4 Å². The summed E-state index contributed by atoms with van der Waals surface area (Å²) in [6.45, 7) is 6.27. The molecule has 174 valence electrons. The summed E-state index contributed by atoms with van der Waals surface area (Å²) in [6.07, 6.45) is 0. The van der Waals surface area contributed by atoms with Crippen molar-refractivity contribution in [3.63, 3.8) is 0 Å². The molecule has 0 unspecified atom stereocenters. The molecule has 3 aromatic rings. The summed E-state index contributed by atoms with van der Waals surface area (Å²) in [5.41, 5.74) is 2.67. The predicted molar refractivity (Wildman–Crippen MR) is 125 cm³/mol. The zero-order chi connectivity index (χ0) is 23.0. The van der Waals surface area contributed by atoms with Gasteiger partial charge in [0.1, 0.15) is 5.75 Å². The number of carbonyl (C=O) groups excluding carboxylic acids is 1. The van der Waals surface area contributed by atoms with Crippen molar-refractivity contribution < 1.29 is 18.8 Å². The predicted octanol–water partition coefficient (Wildman–Crippen LogP) is 3.04. The number of aromatic nitrogens is 2. The van der Waals surface area contributed by atoms with Crippen molar-refractivity contribution >= 4 is 17.3 Å². The highest BCUT2D eigenvalue weighted by Crippen LogP contribution is 2.27. The van der Waals surface area contributed by atoms with Gasteiger partial charge in [0.2, 0.25) is 17.6 Å². The van der Waals surface area contributed by atoms with E-state index in [-0.39, 0.29) is 12.5 Å². The third-order valence-electron chi connectivity index (χ3n) is 5.24. The van der Waals surface area contributed by atoms with E-state index in [1.54, 1.807) is 0 Å². The number of hydrogen-bond acceptors (Lipinski definition) is 8. The Balaban J connectivity index is 1.29. The van der Waals surface area contributed by atoms with Crippen LogP contribution < -0.4 is 15.0 Å². The van der Waals surface area contributed by atoms with Crippen LogP contribution in [0.1, 0.15) is 12.8 Å². The molecule has 0 bridgehead atoms. The van der Waals surface area contributed by atoms with Crippen LogP contribution in [0.15, 0.2) is 53.1 Å². The summed E-state index contributed by atoms with van der Waals surface area (Å²) in [7, 11) is 1.83. The fourth-order valence-corrected chi connectivity index (χ4v) is 3.67. The van der Waals surface area contributed by atoms with Crippen molar-refractivity contribution in [2.24, 2.45) is 0 Å². The Labute approximate surface area is 193 Å². The van der Waals surface area contributed by atoms with Gasteiger partial charge in [-0.25, -0.2) is 0 Å². The number of hydrogen-bond donors (Lipinski definition) is 1. The number of anilines is 2. The van der Waals surface area contributed by atoms with Crippen molar-refractivity contribution in [2.45, 2.75) is 13.5 Å². The molecule has 2 heterocycles. The normalized spacial score (nSPS) is 13.8. The first-order valence-electron chi connectivity index (χ1n) is 11.1. The molecule has 1 saturated heterocycles. The van der Waals surface area contributed by atoms with Crippen LogP contribution in [0.2, 0.25) is 0 Å². The number of rotatable bonds is 9. The first kappa shape index (κ1) is 22.8. The fourth-order valence-electron chi connectivity index (χ4n) is 3.67. The lowest BCUT2D eigenvalue weighted by Gasteiger charge is -2.28. The second kappa shape index (κ2) is 10.9. The Morgan fingerprint density at radius 3 is 2.67 bits per heavy atom. The van der Waals surface area contributed by atoms with E-state index in [0.29, 0.717) is 30.6 Å². The zero-order valence-corrected chi connectivity index (χ0v) is 19.0. The minimum Gasteiger partial charge on any atom is -0.493 e. The van der Waals surface area contributed by atoms with Crippen LogP contribution in [0.3, 0.4) is 0 Å². The van der Waals surface area contributed by atoms with Gasteiger partial charge in [-0.15, -0.1) is 0 Å². The lowest BCUT2D eigenvalue weighted by atomic mass is 10.2. The highest BCUT2D eigenvalue weighted by molar-refractivity contribution is 5.92. The van der Waals surface area contributed by atoms with Gasteiger partial charge >= 0.3 is 0 Å². The van der Waals surface area contributed by atoms with E-state index < -0.39 is 0 Å². The molecular weight excluding hydrogens is 422 g/mol. The third kappa shape index (κ3) is 6.09. The Kier molecular flexibility index (Phi) is 7.54. The number of ether oxygens (including phenoxy) is 2. The molecule has 4 rings (SSSR count). The van der Waals surface area contributed by atoms with Crippen molar-refractivity contribution in [3.05, 3.63) is 54.4 Å². The number of nitrogens with zero attached hydrogens (tertiary/aromatic N) is 4. The highest BCUT2D eigenvalue weighted by atomic mass is 16.5. The molecule has 1 aromatic heterocycles. The molecule has 0 spiro atoms. The lowest BCUT2D eigenvalue weighted by molar-refractivity contribution is -0.117.